The van der Waals surface area contributed by atoms with E-state index in [1.54, 1.807) is 48.5 Å². The van der Waals surface area contributed by atoms with Crippen LogP contribution in [0.3, 0.4) is 0 Å². The molecule has 0 atom stereocenters. The molecular weight excluding hydrogens is 326 g/mol. The molecular formula is C18H20ClN3O2. The standard InChI is InChI=1S/C18H20ClN3O2/c1-2-3-12-20-17(23)13-4-8-15(9-5-13)21-18(24)22-16-10-6-14(19)7-11-16/h4-11H,2-3,12H2,1H3,(H,20,23)(H2,21,22,24). The SMILES string of the molecule is CCCCNC(=O)c1ccc(NC(=O)Nc2ccc(Cl)cc2)cc1. The number of carbonyl (C=O) groups excluding carboxylic acids is 2. The fraction of sp³-hybridized carbons (Fsp3) is 0.222. The topological polar surface area (TPSA) is 70.2 Å². The van der Waals surface area contributed by atoms with E-state index in [0.717, 1.165) is 12.8 Å². The number of benzene rings is 2. The fourth-order valence-corrected chi connectivity index (χ4v) is 2.14. The Morgan fingerprint density at radius 1 is 0.917 bits per heavy atom. The van der Waals surface area contributed by atoms with Crippen LogP contribution in [-0.2, 0) is 0 Å². The summed E-state index contributed by atoms with van der Waals surface area (Å²) in [5.74, 6) is -0.111. The van der Waals surface area contributed by atoms with Crippen molar-refractivity contribution in [3.63, 3.8) is 0 Å². The van der Waals surface area contributed by atoms with Crippen molar-refractivity contribution in [3.8, 4) is 0 Å². The number of anilines is 2. The van der Waals surface area contributed by atoms with Gasteiger partial charge in [-0.05, 0) is 55.0 Å². The summed E-state index contributed by atoms with van der Waals surface area (Å²) in [7, 11) is 0. The van der Waals surface area contributed by atoms with E-state index >= 15 is 0 Å². The largest absolute Gasteiger partial charge is 0.352 e. The molecule has 0 unspecified atom stereocenters. The van der Waals surface area contributed by atoms with Gasteiger partial charge in [0.25, 0.3) is 5.91 Å². The maximum Gasteiger partial charge on any atom is 0.323 e. The van der Waals surface area contributed by atoms with E-state index in [4.69, 9.17) is 11.6 Å². The average molecular weight is 346 g/mol. The predicted molar refractivity (Wildman–Crippen MR) is 97.8 cm³/mol. The molecule has 0 fully saturated rings. The monoisotopic (exact) mass is 345 g/mol. The number of hydrogen-bond acceptors (Lipinski definition) is 2. The third-order valence-corrected chi connectivity index (χ3v) is 3.57. The molecule has 0 bridgehead atoms. The molecule has 0 aliphatic rings. The van der Waals surface area contributed by atoms with E-state index in [1.807, 2.05) is 0 Å². The van der Waals surface area contributed by atoms with Crippen molar-refractivity contribution in [2.24, 2.45) is 0 Å². The van der Waals surface area contributed by atoms with Gasteiger partial charge in [-0.1, -0.05) is 24.9 Å². The highest BCUT2D eigenvalue weighted by Gasteiger charge is 2.06. The Bertz CT molecular complexity index is 684. The smallest absolute Gasteiger partial charge is 0.323 e. The van der Waals surface area contributed by atoms with Crippen LogP contribution < -0.4 is 16.0 Å². The molecule has 0 aliphatic heterocycles. The number of amides is 3. The van der Waals surface area contributed by atoms with E-state index in [0.29, 0.717) is 28.5 Å². The lowest BCUT2D eigenvalue weighted by Gasteiger charge is -2.09. The van der Waals surface area contributed by atoms with Crippen molar-refractivity contribution in [1.29, 1.82) is 0 Å². The molecule has 0 radical (unpaired) electrons. The van der Waals surface area contributed by atoms with E-state index in [9.17, 15) is 9.59 Å². The second-order valence-corrected chi connectivity index (χ2v) is 5.71. The van der Waals surface area contributed by atoms with Crippen LogP contribution in [-0.4, -0.2) is 18.5 Å². The van der Waals surface area contributed by atoms with E-state index in [1.165, 1.54) is 0 Å². The van der Waals surface area contributed by atoms with Crippen molar-refractivity contribution in [1.82, 2.24) is 5.32 Å². The summed E-state index contributed by atoms with van der Waals surface area (Å²) in [6, 6.07) is 13.2. The fourth-order valence-electron chi connectivity index (χ4n) is 2.01. The maximum absolute atomic E-state index is 11.9. The minimum atomic E-state index is -0.363. The minimum Gasteiger partial charge on any atom is -0.352 e. The molecule has 0 aliphatic carbocycles. The molecule has 2 aromatic carbocycles. The summed E-state index contributed by atoms with van der Waals surface area (Å²) in [4.78, 5) is 23.8. The molecule has 2 rings (SSSR count). The molecule has 3 N–H and O–H groups in total. The van der Waals surface area contributed by atoms with Crippen LogP contribution in [0.25, 0.3) is 0 Å². The van der Waals surface area contributed by atoms with Gasteiger partial charge in [-0.3, -0.25) is 4.79 Å². The zero-order valence-corrected chi connectivity index (χ0v) is 14.2. The summed E-state index contributed by atoms with van der Waals surface area (Å²) in [5, 5.41) is 8.86. The van der Waals surface area contributed by atoms with Crippen molar-refractivity contribution >= 4 is 34.9 Å². The molecule has 3 amide bonds. The zero-order valence-electron chi connectivity index (χ0n) is 13.4. The van der Waals surface area contributed by atoms with Gasteiger partial charge in [0.2, 0.25) is 0 Å². The maximum atomic E-state index is 11.9. The van der Waals surface area contributed by atoms with Crippen LogP contribution in [0.1, 0.15) is 30.1 Å². The van der Waals surface area contributed by atoms with Gasteiger partial charge in [-0.25, -0.2) is 4.79 Å². The lowest BCUT2D eigenvalue weighted by atomic mass is 10.2. The summed E-state index contributed by atoms with van der Waals surface area (Å²) < 4.78 is 0. The molecule has 24 heavy (non-hydrogen) atoms. The molecule has 2 aromatic rings. The lowest BCUT2D eigenvalue weighted by Crippen LogP contribution is -2.24. The Balaban J connectivity index is 1.87. The first-order valence-electron chi connectivity index (χ1n) is 7.80. The number of unbranched alkanes of at least 4 members (excludes halogenated alkanes) is 1. The molecule has 0 heterocycles. The minimum absolute atomic E-state index is 0.111. The number of carbonyl (C=O) groups is 2. The summed E-state index contributed by atoms with van der Waals surface area (Å²) in [5.41, 5.74) is 1.81. The Hall–Kier alpha value is -2.53. The molecule has 0 saturated heterocycles. The number of urea groups is 1. The third kappa shape index (κ3) is 5.59. The van der Waals surface area contributed by atoms with Gasteiger partial charge in [0.1, 0.15) is 0 Å². The number of nitrogens with one attached hydrogen (secondary N) is 3. The highest BCUT2D eigenvalue weighted by molar-refractivity contribution is 6.30. The quantitative estimate of drug-likeness (QED) is 0.674. The van der Waals surface area contributed by atoms with Gasteiger partial charge < -0.3 is 16.0 Å². The normalized spacial score (nSPS) is 10.1. The Labute approximate surface area is 146 Å². The van der Waals surface area contributed by atoms with Crippen LogP contribution in [0.5, 0.6) is 0 Å². The Kier molecular flexibility index (Phi) is 6.63. The first kappa shape index (κ1) is 17.8. The van der Waals surface area contributed by atoms with Gasteiger partial charge in [0, 0.05) is 28.5 Å². The molecule has 126 valence electrons. The van der Waals surface area contributed by atoms with Gasteiger partial charge in [0.05, 0.1) is 0 Å². The molecule has 0 saturated carbocycles. The van der Waals surface area contributed by atoms with Gasteiger partial charge in [0.15, 0.2) is 0 Å². The van der Waals surface area contributed by atoms with Crippen LogP contribution in [0.2, 0.25) is 5.02 Å². The van der Waals surface area contributed by atoms with Crippen molar-refractivity contribution < 1.29 is 9.59 Å². The van der Waals surface area contributed by atoms with Crippen LogP contribution in [0, 0.1) is 0 Å². The molecule has 0 spiro atoms. The van der Waals surface area contributed by atoms with E-state index in [2.05, 4.69) is 22.9 Å². The number of rotatable bonds is 6. The first-order valence-corrected chi connectivity index (χ1v) is 8.18. The highest BCUT2D eigenvalue weighted by Crippen LogP contribution is 2.14. The first-order chi connectivity index (χ1) is 11.6. The molecule has 6 heteroatoms. The van der Waals surface area contributed by atoms with Crippen molar-refractivity contribution in [2.75, 3.05) is 17.2 Å². The van der Waals surface area contributed by atoms with Crippen LogP contribution >= 0.6 is 11.6 Å². The van der Waals surface area contributed by atoms with Crippen LogP contribution in [0.4, 0.5) is 16.2 Å². The van der Waals surface area contributed by atoms with E-state index in [-0.39, 0.29) is 11.9 Å². The van der Waals surface area contributed by atoms with Gasteiger partial charge in [-0.15, -0.1) is 0 Å². The lowest BCUT2D eigenvalue weighted by molar-refractivity contribution is 0.0953. The summed E-state index contributed by atoms with van der Waals surface area (Å²) in [6.07, 6.45) is 1.99. The van der Waals surface area contributed by atoms with Crippen molar-refractivity contribution in [3.05, 3.63) is 59.1 Å². The van der Waals surface area contributed by atoms with Crippen LogP contribution in [0.15, 0.2) is 48.5 Å². The third-order valence-electron chi connectivity index (χ3n) is 3.32. The summed E-state index contributed by atoms with van der Waals surface area (Å²) in [6.45, 7) is 2.74. The number of hydrogen-bond donors (Lipinski definition) is 3. The van der Waals surface area contributed by atoms with Gasteiger partial charge in [-0.2, -0.15) is 0 Å². The number of halogens is 1. The average Bonchev–Trinajstić information content (AvgIpc) is 2.58. The zero-order chi connectivity index (χ0) is 17.4. The summed E-state index contributed by atoms with van der Waals surface area (Å²) >= 11 is 5.80. The second-order valence-electron chi connectivity index (χ2n) is 5.27. The molecule has 5 nitrogen and oxygen atoms in total. The van der Waals surface area contributed by atoms with Gasteiger partial charge >= 0.3 is 6.03 Å². The molecule has 0 aromatic heterocycles. The van der Waals surface area contributed by atoms with Crippen molar-refractivity contribution in [2.45, 2.75) is 19.8 Å². The van der Waals surface area contributed by atoms with E-state index < -0.39 is 0 Å². The Morgan fingerprint density at radius 2 is 1.46 bits per heavy atom. The second kappa shape index (κ2) is 8.93. The highest BCUT2D eigenvalue weighted by atomic mass is 35.5. The predicted octanol–water partition coefficient (Wildman–Crippen LogP) is 4.51. The Morgan fingerprint density at radius 3 is 2.00 bits per heavy atom.